The molecule has 0 saturated heterocycles. The molecular formula is C14H16F4N2O. The second-order valence-electron chi connectivity index (χ2n) is 5.48. The first-order valence-electron chi connectivity index (χ1n) is 6.62. The van der Waals surface area contributed by atoms with Gasteiger partial charge in [0.25, 0.3) is 0 Å². The van der Waals surface area contributed by atoms with E-state index in [1.807, 2.05) is 0 Å². The van der Waals surface area contributed by atoms with Crippen LogP contribution in [0.25, 0.3) is 0 Å². The average molecular weight is 304 g/mol. The molecule has 1 aromatic carbocycles. The molecule has 1 amide bonds. The van der Waals surface area contributed by atoms with Crippen LogP contribution >= 0.6 is 0 Å². The Morgan fingerprint density at radius 2 is 2.00 bits per heavy atom. The van der Waals surface area contributed by atoms with Crippen molar-refractivity contribution in [2.45, 2.75) is 31.9 Å². The Morgan fingerprint density at radius 1 is 1.33 bits per heavy atom. The Hall–Kier alpha value is -1.63. The number of carbonyl (C=O) groups is 1. The number of halogens is 4. The maximum absolute atomic E-state index is 13.5. The van der Waals surface area contributed by atoms with E-state index in [0.29, 0.717) is 24.7 Å². The van der Waals surface area contributed by atoms with E-state index in [1.165, 1.54) is 0 Å². The number of nitrogens with two attached hydrogens (primary N) is 1. The number of anilines is 1. The van der Waals surface area contributed by atoms with Gasteiger partial charge in [0.05, 0.1) is 11.3 Å². The van der Waals surface area contributed by atoms with Crippen LogP contribution in [0.1, 0.15) is 31.2 Å². The molecule has 0 spiro atoms. The largest absolute Gasteiger partial charge is 0.416 e. The van der Waals surface area contributed by atoms with E-state index in [0.717, 1.165) is 19.3 Å². The zero-order chi connectivity index (χ0) is 15.7. The molecule has 0 bridgehead atoms. The van der Waals surface area contributed by atoms with Crippen LogP contribution in [0.5, 0.6) is 0 Å². The van der Waals surface area contributed by atoms with Crippen LogP contribution in [0, 0.1) is 11.2 Å². The van der Waals surface area contributed by atoms with Crippen molar-refractivity contribution >= 4 is 11.6 Å². The van der Waals surface area contributed by atoms with Crippen LogP contribution < -0.4 is 11.1 Å². The van der Waals surface area contributed by atoms with Gasteiger partial charge in [-0.25, -0.2) is 4.39 Å². The molecule has 1 saturated carbocycles. The van der Waals surface area contributed by atoms with Crippen molar-refractivity contribution in [2.75, 3.05) is 11.9 Å². The van der Waals surface area contributed by atoms with Gasteiger partial charge in [0, 0.05) is 6.42 Å². The molecule has 0 heterocycles. The lowest BCUT2D eigenvalue weighted by molar-refractivity contribution is -0.137. The topological polar surface area (TPSA) is 55.1 Å². The van der Waals surface area contributed by atoms with Crippen molar-refractivity contribution in [3.05, 3.63) is 29.6 Å². The average Bonchev–Trinajstić information content (AvgIpc) is 2.35. The van der Waals surface area contributed by atoms with E-state index in [4.69, 9.17) is 5.73 Å². The number of amides is 1. The Morgan fingerprint density at radius 3 is 2.48 bits per heavy atom. The minimum atomic E-state index is -4.58. The summed E-state index contributed by atoms with van der Waals surface area (Å²) in [5.41, 5.74) is 3.87. The van der Waals surface area contributed by atoms with Crippen molar-refractivity contribution < 1.29 is 22.4 Å². The first kappa shape index (κ1) is 15.8. The molecule has 0 radical (unpaired) electrons. The highest BCUT2D eigenvalue weighted by Crippen LogP contribution is 2.43. The van der Waals surface area contributed by atoms with E-state index in [2.05, 4.69) is 5.32 Å². The fourth-order valence-corrected chi connectivity index (χ4v) is 2.46. The lowest BCUT2D eigenvalue weighted by atomic mass is 9.66. The minimum absolute atomic E-state index is 0.0964. The molecule has 7 heteroatoms. The highest BCUT2D eigenvalue weighted by molar-refractivity contribution is 5.91. The van der Waals surface area contributed by atoms with Crippen molar-refractivity contribution in [2.24, 2.45) is 11.1 Å². The van der Waals surface area contributed by atoms with Crippen molar-refractivity contribution in [3.8, 4) is 0 Å². The highest BCUT2D eigenvalue weighted by Gasteiger charge is 2.38. The number of alkyl halides is 3. The van der Waals surface area contributed by atoms with E-state index in [-0.39, 0.29) is 11.8 Å². The van der Waals surface area contributed by atoms with Gasteiger partial charge in [-0.2, -0.15) is 13.2 Å². The second kappa shape index (κ2) is 5.63. The van der Waals surface area contributed by atoms with Gasteiger partial charge in [0.2, 0.25) is 5.91 Å². The van der Waals surface area contributed by atoms with E-state index in [1.54, 1.807) is 0 Å². The van der Waals surface area contributed by atoms with Crippen LogP contribution in [0.2, 0.25) is 0 Å². The summed E-state index contributed by atoms with van der Waals surface area (Å²) in [7, 11) is 0. The summed E-state index contributed by atoms with van der Waals surface area (Å²) in [6.45, 7) is 0.339. The van der Waals surface area contributed by atoms with Gasteiger partial charge in [-0.1, -0.05) is 6.42 Å². The molecule has 1 aliphatic carbocycles. The zero-order valence-electron chi connectivity index (χ0n) is 11.3. The Kier molecular flexibility index (Phi) is 4.22. The third kappa shape index (κ3) is 3.53. The van der Waals surface area contributed by atoms with Crippen LogP contribution in [0.3, 0.4) is 0 Å². The molecule has 1 fully saturated rings. The minimum Gasteiger partial charge on any atom is -0.330 e. The maximum atomic E-state index is 13.5. The number of carbonyl (C=O) groups excluding carboxylic acids is 1. The summed E-state index contributed by atoms with van der Waals surface area (Å²) >= 11 is 0. The molecule has 0 unspecified atom stereocenters. The monoisotopic (exact) mass is 304 g/mol. The lowest BCUT2D eigenvalue weighted by Gasteiger charge is -2.40. The van der Waals surface area contributed by atoms with Gasteiger partial charge in [-0.15, -0.1) is 0 Å². The third-order valence-electron chi connectivity index (χ3n) is 3.95. The summed E-state index contributed by atoms with van der Waals surface area (Å²) in [5.74, 6) is -1.41. The molecule has 1 aromatic rings. The molecule has 2 rings (SSSR count). The summed E-state index contributed by atoms with van der Waals surface area (Å²) in [4.78, 5) is 11.9. The number of hydrogen-bond acceptors (Lipinski definition) is 2. The Bertz CT molecular complexity index is 533. The summed E-state index contributed by atoms with van der Waals surface area (Å²) < 4.78 is 51.2. The van der Waals surface area contributed by atoms with E-state index >= 15 is 0 Å². The number of benzene rings is 1. The Labute approximate surface area is 119 Å². The van der Waals surface area contributed by atoms with Crippen molar-refractivity contribution in [1.82, 2.24) is 0 Å². The molecule has 0 aliphatic heterocycles. The summed E-state index contributed by atoms with van der Waals surface area (Å²) in [6.07, 6.45) is -1.90. The van der Waals surface area contributed by atoms with Gasteiger partial charge in [-0.05, 0) is 43.0 Å². The van der Waals surface area contributed by atoms with Crippen LogP contribution in [-0.4, -0.2) is 12.5 Å². The molecule has 0 aromatic heterocycles. The van der Waals surface area contributed by atoms with Crippen LogP contribution in [0.15, 0.2) is 18.2 Å². The molecule has 0 atom stereocenters. The fourth-order valence-electron chi connectivity index (χ4n) is 2.46. The highest BCUT2D eigenvalue weighted by atomic mass is 19.4. The fraction of sp³-hybridized carbons (Fsp3) is 0.500. The van der Waals surface area contributed by atoms with Crippen molar-refractivity contribution in [3.63, 3.8) is 0 Å². The Balaban J connectivity index is 2.10. The number of hydrogen-bond donors (Lipinski definition) is 2. The molecule has 116 valence electrons. The third-order valence-corrected chi connectivity index (χ3v) is 3.95. The van der Waals surface area contributed by atoms with Gasteiger partial charge in [-0.3, -0.25) is 4.79 Å². The normalized spacial score (nSPS) is 17.2. The second-order valence-corrected chi connectivity index (χ2v) is 5.48. The van der Waals surface area contributed by atoms with E-state index < -0.39 is 29.2 Å². The van der Waals surface area contributed by atoms with E-state index in [9.17, 15) is 22.4 Å². The SMILES string of the molecule is NCC1(CC(=O)Nc2cc(C(F)(F)F)ccc2F)CCC1. The molecule has 21 heavy (non-hydrogen) atoms. The first-order valence-corrected chi connectivity index (χ1v) is 6.62. The zero-order valence-corrected chi connectivity index (χ0v) is 11.3. The standard InChI is InChI=1S/C14H16F4N2O/c15-10-3-2-9(14(16,17)18)6-11(10)20-12(21)7-13(8-19)4-1-5-13/h2-3,6H,1,4-5,7-8,19H2,(H,20,21). The van der Waals surface area contributed by atoms with Crippen molar-refractivity contribution in [1.29, 1.82) is 0 Å². The van der Waals surface area contributed by atoms with Gasteiger partial charge < -0.3 is 11.1 Å². The summed E-state index contributed by atoms with van der Waals surface area (Å²) in [6, 6.07) is 1.93. The molecular weight excluding hydrogens is 288 g/mol. The lowest BCUT2D eigenvalue weighted by Crippen LogP contribution is -2.40. The molecule has 3 N–H and O–H groups in total. The smallest absolute Gasteiger partial charge is 0.330 e. The molecule has 3 nitrogen and oxygen atoms in total. The quantitative estimate of drug-likeness (QED) is 0.839. The predicted octanol–water partition coefficient (Wildman–Crippen LogP) is 3.30. The molecule has 1 aliphatic rings. The van der Waals surface area contributed by atoms with Gasteiger partial charge >= 0.3 is 6.18 Å². The predicted molar refractivity (Wildman–Crippen MR) is 70.0 cm³/mol. The number of rotatable bonds is 4. The van der Waals surface area contributed by atoms with Gasteiger partial charge in [0.1, 0.15) is 5.82 Å². The summed E-state index contributed by atoms with van der Waals surface area (Å²) in [5, 5.41) is 2.21. The first-order chi connectivity index (χ1) is 9.76. The van der Waals surface area contributed by atoms with Crippen LogP contribution in [-0.2, 0) is 11.0 Å². The number of nitrogens with one attached hydrogen (secondary N) is 1. The van der Waals surface area contributed by atoms with Gasteiger partial charge in [0.15, 0.2) is 0 Å². The van der Waals surface area contributed by atoms with Crippen LogP contribution in [0.4, 0.5) is 23.2 Å². The maximum Gasteiger partial charge on any atom is 0.416 e.